The predicted molar refractivity (Wildman–Crippen MR) is 36.9 cm³/mol. The fraction of sp³-hybridized carbons (Fsp3) is 0.667. The fourth-order valence-corrected chi connectivity index (χ4v) is 0.0707. The number of hydrogen-bond donors (Lipinski definition) is 4. The second-order valence-electron chi connectivity index (χ2n) is 0.945. The van der Waals surface area contributed by atoms with E-state index in [1.165, 1.54) is 0 Å². The summed E-state index contributed by atoms with van der Waals surface area (Å²) in [5.74, 6) is 3.77. The average molecular weight is 158 g/mol. The summed E-state index contributed by atoms with van der Waals surface area (Å²) in [4.78, 5) is 0. The number of nitrogens with zero attached hydrogens (tertiary/aromatic N) is 1. The van der Waals surface area contributed by atoms with E-state index in [2.05, 4.69) is 11.1 Å². The van der Waals surface area contributed by atoms with Crippen LogP contribution in [0.4, 0.5) is 0 Å². The van der Waals surface area contributed by atoms with Gasteiger partial charge in [-0.1, -0.05) is 12.1 Å². The number of halogens is 1. The van der Waals surface area contributed by atoms with Crippen molar-refractivity contribution in [3.8, 4) is 0 Å². The molecular weight excluding hydrogens is 146 g/mol. The van der Waals surface area contributed by atoms with Crippen molar-refractivity contribution in [2.75, 3.05) is 0 Å². The molecule has 0 aliphatic carbocycles. The molecule has 0 spiro atoms. The number of amidine groups is 1. The van der Waals surface area contributed by atoms with Crippen molar-refractivity contribution in [1.29, 1.82) is 0 Å². The lowest BCUT2D eigenvalue weighted by molar-refractivity contribution is 0.311. The maximum atomic E-state index is 7.80. The van der Waals surface area contributed by atoms with E-state index >= 15 is 0 Å². The summed E-state index contributed by atoms with van der Waals surface area (Å²) in [6.45, 7) is 1.81. The van der Waals surface area contributed by atoms with Crippen LogP contribution in [0.2, 0.25) is 0 Å². The molecular formula is C3H12ClN3O2. The van der Waals surface area contributed by atoms with Gasteiger partial charge in [0.25, 0.3) is 0 Å². The largest absolute Gasteiger partial charge is 0.409 e. The van der Waals surface area contributed by atoms with Crippen molar-refractivity contribution in [2.24, 2.45) is 16.8 Å². The highest BCUT2D eigenvalue weighted by molar-refractivity contribution is 5.85. The first-order chi connectivity index (χ1) is 3.81. The summed E-state index contributed by atoms with van der Waals surface area (Å²) >= 11 is 0. The van der Waals surface area contributed by atoms with Gasteiger partial charge in [-0.25, -0.2) is 5.90 Å². The molecule has 0 unspecified atom stereocenters. The van der Waals surface area contributed by atoms with E-state index in [1.54, 1.807) is 0 Å². The minimum atomic E-state index is 0. The molecule has 0 saturated carbocycles. The van der Waals surface area contributed by atoms with Crippen LogP contribution in [0.15, 0.2) is 5.16 Å². The summed E-state index contributed by atoms with van der Waals surface area (Å²) in [5.41, 5.74) is 4.97. The first-order valence-electron chi connectivity index (χ1n) is 2.03. The van der Waals surface area contributed by atoms with Crippen molar-refractivity contribution in [1.82, 2.24) is 0 Å². The molecule has 0 rings (SSSR count). The number of oxime groups is 1. The second-order valence-corrected chi connectivity index (χ2v) is 0.945. The Balaban J connectivity index is -0.000000109. The van der Waals surface area contributed by atoms with E-state index in [-0.39, 0.29) is 18.2 Å². The van der Waals surface area contributed by atoms with Crippen LogP contribution >= 0.6 is 12.4 Å². The highest BCUT2D eigenvalue weighted by Crippen LogP contribution is 1.70. The Labute approximate surface area is 59.7 Å². The van der Waals surface area contributed by atoms with E-state index in [9.17, 15) is 0 Å². The first-order valence-corrected chi connectivity index (χ1v) is 2.03. The Morgan fingerprint density at radius 2 is 1.89 bits per heavy atom. The van der Waals surface area contributed by atoms with Gasteiger partial charge in [0.15, 0.2) is 0 Å². The van der Waals surface area contributed by atoms with Crippen molar-refractivity contribution in [3.05, 3.63) is 0 Å². The highest BCUT2D eigenvalue weighted by atomic mass is 35.5. The van der Waals surface area contributed by atoms with E-state index in [4.69, 9.17) is 16.1 Å². The molecule has 0 fully saturated rings. The quantitative estimate of drug-likeness (QED) is 0.185. The summed E-state index contributed by atoms with van der Waals surface area (Å²) < 4.78 is 0. The van der Waals surface area contributed by atoms with E-state index < -0.39 is 0 Å². The minimum Gasteiger partial charge on any atom is -0.409 e. The Hall–Kier alpha value is -0.520. The van der Waals surface area contributed by atoms with Crippen LogP contribution in [0.5, 0.6) is 0 Å². The molecule has 0 aromatic carbocycles. The van der Waals surface area contributed by atoms with Crippen LogP contribution in [-0.2, 0) is 0 Å². The van der Waals surface area contributed by atoms with E-state index in [0.717, 1.165) is 0 Å². The van der Waals surface area contributed by atoms with Crippen LogP contribution in [0.1, 0.15) is 13.3 Å². The van der Waals surface area contributed by atoms with Gasteiger partial charge in [0.1, 0.15) is 5.84 Å². The highest BCUT2D eigenvalue weighted by Gasteiger charge is 1.78. The molecule has 0 amide bonds. The lowest BCUT2D eigenvalue weighted by Gasteiger charge is -1.82. The van der Waals surface area contributed by atoms with Gasteiger partial charge < -0.3 is 16.1 Å². The predicted octanol–water partition coefficient (Wildman–Crippen LogP) is -0.101. The van der Waals surface area contributed by atoms with Crippen LogP contribution in [0.25, 0.3) is 0 Å². The SMILES string of the molecule is CCC(N)=NO.Cl.NO. The van der Waals surface area contributed by atoms with Gasteiger partial charge in [0, 0.05) is 6.42 Å². The Kier molecular flexibility index (Phi) is 27.5. The molecule has 5 nitrogen and oxygen atoms in total. The maximum absolute atomic E-state index is 7.80. The Morgan fingerprint density at radius 1 is 1.56 bits per heavy atom. The lowest BCUT2D eigenvalue weighted by atomic mass is 10.5. The summed E-state index contributed by atoms with van der Waals surface area (Å²) in [6, 6.07) is 0. The maximum Gasteiger partial charge on any atom is 0.138 e. The standard InChI is InChI=1S/C3H8N2O.ClH.H3NO/c1-2-3(4)5-6;;1-2/h6H,2H2,1H3,(H2,4,5);1H;2H,1H2. The van der Waals surface area contributed by atoms with Gasteiger partial charge in [0.05, 0.1) is 0 Å². The molecule has 9 heavy (non-hydrogen) atoms. The van der Waals surface area contributed by atoms with Crippen molar-refractivity contribution >= 4 is 18.2 Å². The first kappa shape index (κ1) is 15.8. The topological polar surface area (TPSA) is 105 Å². The van der Waals surface area contributed by atoms with Crippen molar-refractivity contribution < 1.29 is 10.4 Å². The van der Waals surface area contributed by atoms with Gasteiger partial charge in [-0.2, -0.15) is 0 Å². The molecule has 0 heterocycles. The van der Waals surface area contributed by atoms with E-state index in [1.807, 2.05) is 6.92 Å². The third-order valence-electron chi connectivity index (χ3n) is 0.491. The van der Waals surface area contributed by atoms with Crippen LogP contribution < -0.4 is 11.6 Å². The molecule has 0 aromatic rings. The summed E-state index contributed by atoms with van der Waals surface area (Å²) in [7, 11) is 0. The zero-order valence-electron chi connectivity index (χ0n) is 5.11. The minimum absolute atomic E-state index is 0. The van der Waals surface area contributed by atoms with Crippen LogP contribution in [-0.4, -0.2) is 16.3 Å². The smallest absolute Gasteiger partial charge is 0.138 e. The third kappa shape index (κ3) is 18.5. The zero-order chi connectivity index (χ0) is 6.99. The fourth-order valence-electron chi connectivity index (χ4n) is 0.0707. The zero-order valence-corrected chi connectivity index (χ0v) is 5.93. The monoisotopic (exact) mass is 157 g/mol. The normalized spacial score (nSPS) is 8.56. The molecule has 0 aromatic heterocycles. The lowest BCUT2D eigenvalue weighted by Crippen LogP contribution is -2.08. The van der Waals surface area contributed by atoms with Gasteiger partial charge in [-0.15, -0.1) is 12.4 Å². The Bertz CT molecular complexity index is 68.1. The van der Waals surface area contributed by atoms with Gasteiger partial charge >= 0.3 is 0 Å². The Morgan fingerprint density at radius 3 is 1.89 bits per heavy atom. The van der Waals surface area contributed by atoms with Gasteiger partial charge in [-0.3, -0.25) is 0 Å². The van der Waals surface area contributed by atoms with E-state index in [0.29, 0.717) is 6.42 Å². The number of nitrogens with two attached hydrogens (primary N) is 2. The number of rotatable bonds is 1. The van der Waals surface area contributed by atoms with Crippen LogP contribution in [0.3, 0.4) is 0 Å². The molecule has 0 bridgehead atoms. The second kappa shape index (κ2) is 15.6. The molecule has 0 aliphatic heterocycles. The molecule has 6 N–H and O–H groups in total. The molecule has 0 saturated heterocycles. The van der Waals surface area contributed by atoms with Crippen molar-refractivity contribution in [3.63, 3.8) is 0 Å². The average Bonchev–Trinajstić information content (AvgIpc) is 1.91. The number of hydrogen-bond acceptors (Lipinski definition) is 4. The molecule has 0 aliphatic rings. The molecule has 0 radical (unpaired) electrons. The van der Waals surface area contributed by atoms with Gasteiger partial charge in [-0.05, 0) is 0 Å². The third-order valence-corrected chi connectivity index (χ3v) is 0.491. The van der Waals surface area contributed by atoms with Crippen LogP contribution in [0, 0.1) is 0 Å². The van der Waals surface area contributed by atoms with Crippen molar-refractivity contribution in [2.45, 2.75) is 13.3 Å². The summed E-state index contributed by atoms with van der Waals surface area (Å²) in [6.07, 6.45) is 0.608. The van der Waals surface area contributed by atoms with Gasteiger partial charge in [0.2, 0.25) is 0 Å². The molecule has 58 valence electrons. The summed E-state index contributed by atoms with van der Waals surface area (Å²) in [5, 5.41) is 17.0. The molecule has 0 atom stereocenters. The molecule has 6 heteroatoms.